The number of nitrogens with zero attached hydrogens (tertiary/aromatic N) is 1. The van der Waals surface area contributed by atoms with E-state index in [1.54, 1.807) is 0 Å². The zero-order valence-corrected chi connectivity index (χ0v) is 11.8. The van der Waals surface area contributed by atoms with Crippen LogP contribution in [0.5, 0.6) is 5.75 Å². The van der Waals surface area contributed by atoms with Gasteiger partial charge in [-0.05, 0) is 32.5 Å². The maximum atomic E-state index is 11.4. The van der Waals surface area contributed by atoms with Crippen LogP contribution in [0.4, 0.5) is 0 Å². The first-order chi connectivity index (χ1) is 9.08. The molecule has 0 spiro atoms. The Balaban J connectivity index is 1.84. The Hall–Kier alpha value is -1.55. The lowest BCUT2D eigenvalue weighted by Gasteiger charge is -2.19. The summed E-state index contributed by atoms with van der Waals surface area (Å²) in [5.74, 6) is 0.788. The molecule has 0 aliphatic carbocycles. The third kappa shape index (κ3) is 3.70. The van der Waals surface area contributed by atoms with E-state index >= 15 is 0 Å². The number of hydrogen-bond donors (Lipinski definition) is 0. The van der Waals surface area contributed by atoms with Crippen LogP contribution < -0.4 is 4.74 Å². The van der Waals surface area contributed by atoms with Crippen molar-refractivity contribution in [2.24, 2.45) is 0 Å². The Morgan fingerprint density at radius 1 is 1.53 bits per heavy atom. The Kier molecular flexibility index (Phi) is 4.43. The maximum absolute atomic E-state index is 11.4. The van der Waals surface area contributed by atoms with E-state index in [-0.39, 0.29) is 12.1 Å². The zero-order valence-electron chi connectivity index (χ0n) is 11.8. The van der Waals surface area contributed by atoms with E-state index in [0.717, 1.165) is 18.7 Å². The Morgan fingerprint density at radius 3 is 3.05 bits per heavy atom. The number of carbonyl (C=O) groups is 1. The van der Waals surface area contributed by atoms with Gasteiger partial charge in [0.25, 0.3) is 0 Å². The summed E-state index contributed by atoms with van der Waals surface area (Å²) < 4.78 is 10.8. The summed E-state index contributed by atoms with van der Waals surface area (Å²) in [7, 11) is 1.91. The van der Waals surface area contributed by atoms with Gasteiger partial charge in [0.1, 0.15) is 11.9 Å². The highest BCUT2D eigenvalue weighted by atomic mass is 16.5. The predicted molar refractivity (Wildman–Crippen MR) is 73.4 cm³/mol. The maximum Gasteiger partial charge on any atom is 0.320 e. The van der Waals surface area contributed by atoms with E-state index in [4.69, 9.17) is 9.47 Å². The van der Waals surface area contributed by atoms with Gasteiger partial charge >= 0.3 is 5.97 Å². The number of fused-ring (bicyclic) bond motifs is 1. The van der Waals surface area contributed by atoms with Crippen LogP contribution in [0.15, 0.2) is 18.2 Å². The van der Waals surface area contributed by atoms with Gasteiger partial charge in [-0.3, -0.25) is 9.69 Å². The molecule has 0 amide bonds. The van der Waals surface area contributed by atoms with Gasteiger partial charge in [0.2, 0.25) is 0 Å². The van der Waals surface area contributed by atoms with Gasteiger partial charge in [-0.1, -0.05) is 17.7 Å². The molecule has 1 aliphatic rings. The summed E-state index contributed by atoms with van der Waals surface area (Å²) in [6.45, 7) is 5.37. The molecule has 1 aromatic rings. The average molecular weight is 263 g/mol. The lowest BCUT2D eigenvalue weighted by Crippen LogP contribution is -2.36. The van der Waals surface area contributed by atoms with E-state index in [1.165, 1.54) is 11.1 Å². The molecule has 2 rings (SSSR count). The summed E-state index contributed by atoms with van der Waals surface area (Å²) >= 11 is 0. The molecule has 1 aromatic carbocycles. The fourth-order valence-electron chi connectivity index (χ4n) is 2.39. The van der Waals surface area contributed by atoms with Gasteiger partial charge in [-0.2, -0.15) is 0 Å². The third-order valence-corrected chi connectivity index (χ3v) is 3.18. The highest BCUT2D eigenvalue weighted by Gasteiger charge is 2.24. The normalized spacial score (nSPS) is 17.2. The molecule has 0 N–H and O–H groups in total. The molecule has 1 heterocycles. The first kappa shape index (κ1) is 13.9. The topological polar surface area (TPSA) is 38.8 Å². The van der Waals surface area contributed by atoms with Gasteiger partial charge in [-0.15, -0.1) is 0 Å². The Morgan fingerprint density at radius 2 is 2.32 bits per heavy atom. The molecular formula is C15H21NO3. The number of carbonyl (C=O) groups excluding carboxylic acids is 1. The van der Waals surface area contributed by atoms with Gasteiger partial charge in [0.05, 0.1) is 13.2 Å². The molecule has 1 unspecified atom stereocenters. The minimum atomic E-state index is -0.184. The van der Waals surface area contributed by atoms with Gasteiger partial charge in [-0.25, -0.2) is 0 Å². The summed E-state index contributed by atoms with van der Waals surface area (Å²) in [5.41, 5.74) is 2.51. The zero-order chi connectivity index (χ0) is 13.8. The van der Waals surface area contributed by atoms with E-state index in [1.807, 2.05) is 24.9 Å². The predicted octanol–water partition coefficient (Wildman–Crippen LogP) is 1.79. The van der Waals surface area contributed by atoms with Crippen LogP contribution in [-0.2, 0) is 16.0 Å². The van der Waals surface area contributed by atoms with Crippen molar-refractivity contribution in [3.8, 4) is 5.75 Å². The van der Waals surface area contributed by atoms with Crippen molar-refractivity contribution >= 4 is 5.97 Å². The molecular weight excluding hydrogens is 242 g/mol. The highest BCUT2D eigenvalue weighted by Crippen LogP contribution is 2.29. The fourth-order valence-corrected chi connectivity index (χ4v) is 2.39. The van der Waals surface area contributed by atoms with Crippen molar-refractivity contribution < 1.29 is 14.3 Å². The molecule has 4 heteroatoms. The second-order valence-corrected chi connectivity index (χ2v) is 5.06. The quantitative estimate of drug-likeness (QED) is 0.759. The highest BCUT2D eigenvalue weighted by molar-refractivity contribution is 5.71. The molecule has 0 radical (unpaired) electrons. The molecule has 4 nitrogen and oxygen atoms in total. The van der Waals surface area contributed by atoms with Crippen molar-refractivity contribution in [3.05, 3.63) is 29.3 Å². The number of ether oxygens (including phenoxy) is 2. The molecule has 19 heavy (non-hydrogen) atoms. The monoisotopic (exact) mass is 263 g/mol. The molecule has 0 bridgehead atoms. The Bertz CT molecular complexity index is 459. The number of esters is 1. The molecule has 0 fully saturated rings. The van der Waals surface area contributed by atoms with Crippen LogP contribution in [0.1, 0.15) is 18.1 Å². The summed E-state index contributed by atoms with van der Waals surface area (Å²) in [5, 5.41) is 0. The summed E-state index contributed by atoms with van der Waals surface area (Å²) in [6, 6.07) is 6.25. The minimum Gasteiger partial charge on any atom is -0.488 e. The standard InChI is InChI=1S/C15H21NO3/c1-4-18-15(17)10-16(3)9-13-8-12-7-11(2)5-6-14(12)19-13/h5-7,13H,4,8-10H2,1-3H3. The number of likely N-dealkylation sites (N-methyl/N-ethyl adjacent to an activating group) is 1. The first-order valence-electron chi connectivity index (χ1n) is 6.69. The number of hydrogen-bond acceptors (Lipinski definition) is 4. The van der Waals surface area contributed by atoms with Crippen LogP contribution >= 0.6 is 0 Å². The second kappa shape index (κ2) is 6.06. The molecule has 0 aromatic heterocycles. The lowest BCUT2D eigenvalue weighted by molar-refractivity contribution is -0.144. The first-order valence-corrected chi connectivity index (χ1v) is 6.69. The number of aryl methyl sites for hydroxylation is 1. The van der Waals surface area contributed by atoms with Crippen molar-refractivity contribution in [2.45, 2.75) is 26.4 Å². The summed E-state index contributed by atoms with van der Waals surface area (Å²) in [4.78, 5) is 13.3. The van der Waals surface area contributed by atoms with Gasteiger partial charge in [0.15, 0.2) is 0 Å². The molecule has 0 saturated heterocycles. The fraction of sp³-hybridized carbons (Fsp3) is 0.533. The molecule has 0 saturated carbocycles. The third-order valence-electron chi connectivity index (χ3n) is 3.18. The molecule has 1 atom stereocenters. The average Bonchev–Trinajstić information content (AvgIpc) is 2.70. The second-order valence-electron chi connectivity index (χ2n) is 5.06. The van der Waals surface area contributed by atoms with Crippen LogP contribution in [0.2, 0.25) is 0 Å². The molecule has 104 valence electrons. The molecule has 1 aliphatic heterocycles. The van der Waals surface area contributed by atoms with E-state index < -0.39 is 0 Å². The van der Waals surface area contributed by atoms with Crippen molar-refractivity contribution in [2.75, 3.05) is 26.7 Å². The largest absolute Gasteiger partial charge is 0.488 e. The Labute approximate surface area is 114 Å². The van der Waals surface area contributed by atoms with Crippen LogP contribution in [0.3, 0.4) is 0 Å². The van der Waals surface area contributed by atoms with E-state index in [2.05, 4.69) is 19.1 Å². The number of rotatable bonds is 5. The smallest absolute Gasteiger partial charge is 0.320 e. The summed E-state index contributed by atoms with van der Waals surface area (Å²) in [6.07, 6.45) is 1.03. The van der Waals surface area contributed by atoms with Crippen molar-refractivity contribution in [1.29, 1.82) is 0 Å². The minimum absolute atomic E-state index is 0.122. The van der Waals surface area contributed by atoms with Crippen molar-refractivity contribution in [1.82, 2.24) is 4.90 Å². The van der Waals surface area contributed by atoms with E-state index in [9.17, 15) is 4.79 Å². The van der Waals surface area contributed by atoms with Crippen molar-refractivity contribution in [3.63, 3.8) is 0 Å². The van der Waals surface area contributed by atoms with E-state index in [0.29, 0.717) is 13.2 Å². The SMILES string of the molecule is CCOC(=O)CN(C)CC1Cc2cc(C)ccc2O1. The van der Waals surface area contributed by atoms with Crippen LogP contribution in [-0.4, -0.2) is 43.7 Å². The number of benzene rings is 1. The van der Waals surface area contributed by atoms with Gasteiger partial charge < -0.3 is 9.47 Å². The lowest BCUT2D eigenvalue weighted by atomic mass is 10.1. The van der Waals surface area contributed by atoms with Gasteiger partial charge in [0, 0.05) is 13.0 Å². The van der Waals surface area contributed by atoms with Crippen LogP contribution in [0.25, 0.3) is 0 Å². The van der Waals surface area contributed by atoms with Crippen LogP contribution in [0, 0.1) is 6.92 Å².